The molecule has 0 saturated carbocycles. The number of aryl methyl sites for hydroxylation is 1. The third-order valence-electron chi connectivity index (χ3n) is 5.02. The first kappa shape index (κ1) is 17.0. The molecule has 6 aromatic rings. The summed E-state index contributed by atoms with van der Waals surface area (Å²) in [6, 6.07) is 17.9. The van der Waals surface area contributed by atoms with Crippen molar-refractivity contribution >= 4 is 37.7 Å². The standard InChI is InChI=1S/C22H14N6OS/c1-13-7-9-15(10-8-13)27-19(14-5-3-2-4-6-14)26-28-21(29)18-16(25-22(27)28)17-20(30-18)24-12-11-23-17/h2-12H,1H3. The number of fused-ring (bicyclic) bond motifs is 4. The summed E-state index contributed by atoms with van der Waals surface area (Å²) in [6.07, 6.45) is 3.23. The molecule has 0 radical (unpaired) electrons. The highest BCUT2D eigenvalue weighted by Crippen LogP contribution is 2.29. The lowest BCUT2D eigenvalue weighted by Crippen LogP contribution is -2.15. The van der Waals surface area contributed by atoms with Gasteiger partial charge in [0, 0.05) is 18.0 Å². The minimum atomic E-state index is -0.220. The van der Waals surface area contributed by atoms with Crippen LogP contribution in [0.5, 0.6) is 0 Å². The number of hydrogen-bond acceptors (Lipinski definition) is 6. The second-order valence-electron chi connectivity index (χ2n) is 6.98. The SMILES string of the molecule is Cc1ccc(-n2c(-c3ccccc3)nn3c(=O)c4sc5nccnc5c4nc23)cc1. The molecule has 4 heterocycles. The first-order valence-corrected chi connectivity index (χ1v) is 10.2. The second kappa shape index (κ2) is 6.30. The third-order valence-corrected chi connectivity index (χ3v) is 6.09. The summed E-state index contributed by atoms with van der Waals surface area (Å²) in [5.41, 5.74) is 3.90. The van der Waals surface area contributed by atoms with E-state index in [-0.39, 0.29) is 5.56 Å². The van der Waals surface area contributed by atoms with E-state index in [9.17, 15) is 4.79 Å². The van der Waals surface area contributed by atoms with Crippen LogP contribution in [0.25, 0.3) is 43.4 Å². The fourth-order valence-corrected chi connectivity index (χ4v) is 4.54. The van der Waals surface area contributed by atoms with Crippen molar-refractivity contribution in [3.05, 3.63) is 82.9 Å². The summed E-state index contributed by atoms with van der Waals surface area (Å²) in [4.78, 5) is 27.6. The molecule has 0 aliphatic heterocycles. The molecule has 8 heteroatoms. The van der Waals surface area contributed by atoms with Gasteiger partial charge in [-0.1, -0.05) is 48.0 Å². The van der Waals surface area contributed by atoms with Gasteiger partial charge in [-0.15, -0.1) is 16.4 Å². The lowest BCUT2D eigenvalue weighted by molar-refractivity contribution is 0.920. The molecule has 0 unspecified atom stereocenters. The van der Waals surface area contributed by atoms with Gasteiger partial charge in [-0.2, -0.15) is 4.52 Å². The summed E-state index contributed by atoms with van der Waals surface area (Å²) >= 11 is 1.29. The number of hydrogen-bond donors (Lipinski definition) is 0. The van der Waals surface area contributed by atoms with Gasteiger partial charge in [0.25, 0.3) is 5.56 Å². The van der Waals surface area contributed by atoms with Crippen LogP contribution in [0.1, 0.15) is 5.56 Å². The fourth-order valence-electron chi connectivity index (χ4n) is 3.57. The Kier molecular flexibility index (Phi) is 3.57. The molecule has 2 aromatic carbocycles. The Hall–Kier alpha value is -3.91. The van der Waals surface area contributed by atoms with Crippen molar-refractivity contribution in [2.45, 2.75) is 6.92 Å². The number of nitrogens with zero attached hydrogens (tertiary/aromatic N) is 6. The van der Waals surface area contributed by atoms with Gasteiger partial charge in [-0.3, -0.25) is 9.36 Å². The predicted molar refractivity (Wildman–Crippen MR) is 117 cm³/mol. The molecular formula is C22H14N6OS. The molecular weight excluding hydrogens is 396 g/mol. The smallest absolute Gasteiger partial charge is 0.266 e. The van der Waals surface area contributed by atoms with Crippen molar-refractivity contribution in [3.63, 3.8) is 0 Å². The Morgan fingerprint density at radius 3 is 2.47 bits per heavy atom. The van der Waals surface area contributed by atoms with Crippen molar-refractivity contribution in [3.8, 4) is 17.1 Å². The molecule has 0 aliphatic carbocycles. The van der Waals surface area contributed by atoms with E-state index in [0.717, 1.165) is 16.8 Å². The predicted octanol–water partition coefficient (Wildman–Crippen LogP) is 4.01. The van der Waals surface area contributed by atoms with E-state index in [1.54, 1.807) is 12.4 Å². The van der Waals surface area contributed by atoms with Gasteiger partial charge in [-0.25, -0.2) is 15.0 Å². The highest BCUT2D eigenvalue weighted by molar-refractivity contribution is 7.25. The maximum Gasteiger partial charge on any atom is 0.293 e. The monoisotopic (exact) mass is 410 g/mol. The third kappa shape index (κ3) is 2.40. The molecule has 4 aromatic heterocycles. The summed E-state index contributed by atoms with van der Waals surface area (Å²) in [6.45, 7) is 2.04. The van der Waals surface area contributed by atoms with Gasteiger partial charge in [-0.05, 0) is 19.1 Å². The van der Waals surface area contributed by atoms with Crippen LogP contribution in [0.4, 0.5) is 0 Å². The lowest BCUT2D eigenvalue weighted by atomic mass is 10.2. The van der Waals surface area contributed by atoms with E-state index in [0.29, 0.717) is 32.2 Å². The van der Waals surface area contributed by atoms with Crippen LogP contribution in [0.15, 0.2) is 71.8 Å². The van der Waals surface area contributed by atoms with Gasteiger partial charge in [0.05, 0.1) is 5.69 Å². The highest BCUT2D eigenvalue weighted by Gasteiger charge is 2.21. The Balaban J connectivity index is 1.79. The molecule has 0 aliphatic rings. The summed E-state index contributed by atoms with van der Waals surface area (Å²) < 4.78 is 3.79. The van der Waals surface area contributed by atoms with Crippen LogP contribution in [0.3, 0.4) is 0 Å². The van der Waals surface area contributed by atoms with E-state index < -0.39 is 0 Å². The summed E-state index contributed by atoms with van der Waals surface area (Å²) in [5, 5.41) is 4.67. The Labute approximate surface area is 173 Å². The van der Waals surface area contributed by atoms with Crippen molar-refractivity contribution in [2.24, 2.45) is 0 Å². The zero-order chi connectivity index (χ0) is 20.2. The van der Waals surface area contributed by atoms with Crippen LogP contribution in [-0.4, -0.2) is 29.1 Å². The van der Waals surface area contributed by atoms with Gasteiger partial charge in [0.2, 0.25) is 5.78 Å². The zero-order valence-corrected chi connectivity index (χ0v) is 16.7. The average molecular weight is 410 g/mol. The summed E-state index contributed by atoms with van der Waals surface area (Å²) in [7, 11) is 0. The van der Waals surface area contributed by atoms with Gasteiger partial charge in [0.15, 0.2) is 5.82 Å². The molecule has 30 heavy (non-hydrogen) atoms. The van der Waals surface area contributed by atoms with Crippen molar-refractivity contribution in [1.29, 1.82) is 0 Å². The van der Waals surface area contributed by atoms with Crippen molar-refractivity contribution < 1.29 is 0 Å². The Morgan fingerprint density at radius 1 is 0.900 bits per heavy atom. The Morgan fingerprint density at radius 2 is 1.67 bits per heavy atom. The van der Waals surface area contributed by atoms with Crippen LogP contribution in [-0.2, 0) is 0 Å². The molecule has 0 bridgehead atoms. The Bertz CT molecular complexity index is 1610. The molecule has 0 N–H and O–H groups in total. The number of rotatable bonds is 2. The largest absolute Gasteiger partial charge is 0.293 e. The van der Waals surface area contributed by atoms with Gasteiger partial charge >= 0.3 is 0 Å². The maximum absolute atomic E-state index is 13.3. The van der Waals surface area contributed by atoms with Crippen LogP contribution in [0.2, 0.25) is 0 Å². The topological polar surface area (TPSA) is 78.0 Å². The maximum atomic E-state index is 13.3. The van der Waals surface area contributed by atoms with Crippen LogP contribution >= 0.6 is 11.3 Å². The zero-order valence-electron chi connectivity index (χ0n) is 15.9. The second-order valence-corrected chi connectivity index (χ2v) is 7.98. The van der Waals surface area contributed by atoms with E-state index in [2.05, 4.69) is 15.1 Å². The lowest BCUT2D eigenvalue weighted by Gasteiger charge is -2.08. The molecule has 6 rings (SSSR count). The number of benzene rings is 2. The van der Waals surface area contributed by atoms with Crippen LogP contribution in [0, 0.1) is 6.92 Å². The van der Waals surface area contributed by atoms with Gasteiger partial charge < -0.3 is 0 Å². The highest BCUT2D eigenvalue weighted by atomic mass is 32.1. The van der Waals surface area contributed by atoms with E-state index in [1.165, 1.54) is 15.9 Å². The van der Waals surface area contributed by atoms with E-state index in [1.807, 2.05) is 66.1 Å². The molecule has 7 nitrogen and oxygen atoms in total. The molecule has 0 saturated heterocycles. The molecule has 0 atom stereocenters. The molecule has 0 spiro atoms. The molecule has 144 valence electrons. The van der Waals surface area contributed by atoms with Gasteiger partial charge in [0.1, 0.15) is 20.6 Å². The van der Waals surface area contributed by atoms with E-state index >= 15 is 0 Å². The first-order valence-electron chi connectivity index (χ1n) is 9.38. The minimum Gasteiger partial charge on any atom is -0.266 e. The quantitative estimate of drug-likeness (QED) is 0.431. The molecule has 0 fully saturated rings. The molecule has 0 amide bonds. The summed E-state index contributed by atoms with van der Waals surface area (Å²) in [5.74, 6) is 1.10. The minimum absolute atomic E-state index is 0.220. The number of aromatic nitrogens is 6. The van der Waals surface area contributed by atoms with E-state index in [4.69, 9.17) is 4.98 Å². The van der Waals surface area contributed by atoms with Crippen LogP contribution < -0.4 is 5.56 Å². The average Bonchev–Trinajstić information content (AvgIpc) is 3.35. The van der Waals surface area contributed by atoms with Crippen molar-refractivity contribution in [1.82, 2.24) is 29.1 Å². The van der Waals surface area contributed by atoms with Crippen molar-refractivity contribution in [2.75, 3.05) is 0 Å². The fraction of sp³-hybridized carbons (Fsp3) is 0.0455. The normalized spacial score (nSPS) is 11.6. The number of thiophene rings is 1. The first-order chi connectivity index (χ1) is 14.7.